The van der Waals surface area contributed by atoms with Gasteiger partial charge in [-0.15, -0.1) is 0 Å². The molecule has 3 N–H and O–H groups in total. The molecule has 0 aliphatic rings. The van der Waals surface area contributed by atoms with Gasteiger partial charge in [-0.2, -0.15) is 0 Å². The minimum atomic E-state index is 0.537. The lowest BCUT2D eigenvalue weighted by atomic mass is 10.2. The molecule has 142 valence electrons. The van der Waals surface area contributed by atoms with Gasteiger partial charge in [0.25, 0.3) is 0 Å². The Balaban J connectivity index is 0.00000117. The molecule has 26 heavy (non-hydrogen) atoms. The van der Waals surface area contributed by atoms with Crippen LogP contribution >= 0.6 is 0 Å². The van der Waals surface area contributed by atoms with Crippen molar-refractivity contribution in [2.45, 2.75) is 59.4 Å². The van der Waals surface area contributed by atoms with E-state index >= 15 is 0 Å². The number of aromatic nitrogens is 3. The molecule has 2 aromatic heterocycles. The van der Waals surface area contributed by atoms with Gasteiger partial charge in [-0.3, -0.25) is 0 Å². The number of fused-ring (bicyclic) bond motifs is 3. The second kappa shape index (κ2) is 10.1. The summed E-state index contributed by atoms with van der Waals surface area (Å²) < 4.78 is 2.38. The second-order valence-electron chi connectivity index (χ2n) is 6.31. The van der Waals surface area contributed by atoms with E-state index in [2.05, 4.69) is 33.9 Å². The summed E-state index contributed by atoms with van der Waals surface area (Å²) in [6, 6.07) is 8.21. The third kappa shape index (κ3) is 4.33. The van der Waals surface area contributed by atoms with E-state index in [1.54, 1.807) is 0 Å². The molecule has 5 nitrogen and oxygen atoms in total. The Bertz CT molecular complexity index is 822. The Morgan fingerprint density at radius 3 is 2.58 bits per heavy atom. The molecule has 3 aromatic rings. The standard InChI is InChI=1S/C19H27N5.C2H6/c1-3-4-11-16-23-17-18(24(16)13-8-7-12-21-2)14-9-5-6-10-15(14)22-19(17)20;1-2/h5-6,9-10,21H,3-4,7-8,11-13H2,1-2H3,(H2,20,22);1-2H3. The number of hydrogen-bond acceptors (Lipinski definition) is 4. The zero-order valence-electron chi connectivity index (χ0n) is 16.7. The van der Waals surface area contributed by atoms with Gasteiger partial charge in [0.05, 0.1) is 11.0 Å². The average Bonchev–Trinajstić information content (AvgIpc) is 3.05. The number of pyridine rings is 1. The molecule has 0 unspecified atom stereocenters. The van der Waals surface area contributed by atoms with Crippen LogP contribution in [-0.2, 0) is 13.0 Å². The van der Waals surface area contributed by atoms with E-state index in [-0.39, 0.29) is 0 Å². The maximum atomic E-state index is 6.21. The first kappa shape index (κ1) is 20.2. The quantitative estimate of drug-likeness (QED) is 0.582. The third-order valence-electron chi connectivity index (χ3n) is 4.50. The number of nitrogens with two attached hydrogens (primary N) is 1. The van der Waals surface area contributed by atoms with Crippen LogP contribution in [0.2, 0.25) is 0 Å². The highest BCUT2D eigenvalue weighted by Gasteiger charge is 2.16. The summed E-state index contributed by atoms with van der Waals surface area (Å²) in [4.78, 5) is 9.40. The van der Waals surface area contributed by atoms with Gasteiger partial charge in [-0.05, 0) is 38.9 Å². The van der Waals surface area contributed by atoms with Crippen molar-refractivity contribution in [3.63, 3.8) is 0 Å². The van der Waals surface area contributed by atoms with E-state index < -0.39 is 0 Å². The van der Waals surface area contributed by atoms with Crippen molar-refractivity contribution in [2.24, 2.45) is 0 Å². The molecule has 0 spiro atoms. The summed E-state index contributed by atoms with van der Waals surface area (Å²) in [6.45, 7) is 8.23. The topological polar surface area (TPSA) is 68.8 Å². The number of benzene rings is 1. The number of rotatable bonds is 8. The van der Waals surface area contributed by atoms with E-state index in [0.717, 1.165) is 73.0 Å². The number of nitrogens with one attached hydrogen (secondary N) is 1. The summed E-state index contributed by atoms with van der Waals surface area (Å²) in [6.07, 6.45) is 5.58. The molecule has 0 saturated heterocycles. The number of hydrogen-bond donors (Lipinski definition) is 2. The molecule has 0 aliphatic heterocycles. The van der Waals surface area contributed by atoms with Gasteiger partial charge in [-0.25, -0.2) is 9.97 Å². The van der Waals surface area contributed by atoms with Crippen LogP contribution in [0.25, 0.3) is 21.9 Å². The molecular formula is C21H33N5. The van der Waals surface area contributed by atoms with Crippen LogP contribution in [0.5, 0.6) is 0 Å². The van der Waals surface area contributed by atoms with Gasteiger partial charge in [0.15, 0.2) is 5.82 Å². The van der Waals surface area contributed by atoms with Crippen molar-refractivity contribution in [1.29, 1.82) is 0 Å². The molecule has 2 heterocycles. The van der Waals surface area contributed by atoms with E-state index in [9.17, 15) is 0 Å². The first-order valence-corrected chi connectivity index (χ1v) is 9.94. The van der Waals surface area contributed by atoms with Gasteiger partial charge in [0.2, 0.25) is 0 Å². The van der Waals surface area contributed by atoms with E-state index in [0.29, 0.717) is 5.82 Å². The number of nitrogens with zero attached hydrogens (tertiary/aromatic N) is 3. The number of aryl methyl sites for hydroxylation is 2. The lowest BCUT2D eigenvalue weighted by molar-refractivity contribution is 0.576. The number of para-hydroxylation sites is 1. The highest BCUT2D eigenvalue weighted by atomic mass is 15.1. The summed E-state index contributed by atoms with van der Waals surface area (Å²) in [5.41, 5.74) is 9.16. The van der Waals surface area contributed by atoms with Crippen molar-refractivity contribution in [3.05, 3.63) is 30.1 Å². The van der Waals surface area contributed by atoms with Gasteiger partial charge >= 0.3 is 0 Å². The largest absolute Gasteiger partial charge is 0.382 e. The molecule has 1 aromatic carbocycles. The van der Waals surface area contributed by atoms with Gasteiger partial charge in [-0.1, -0.05) is 45.4 Å². The van der Waals surface area contributed by atoms with Crippen LogP contribution in [0.3, 0.4) is 0 Å². The van der Waals surface area contributed by atoms with E-state index in [1.807, 2.05) is 33.0 Å². The molecule has 5 heteroatoms. The Morgan fingerprint density at radius 2 is 1.85 bits per heavy atom. The van der Waals surface area contributed by atoms with Gasteiger partial charge < -0.3 is 15.6 Å². The van der Waals surface area contributed by atoms with E-state index in [4.69, 9.17) is 10.7 Å². The summed E-state index contributed by atoms with van der Waals surface area (Å²) in [5.74, 6) is 1.68. The van der Waals surface area contributed by atoms with Crippen molar-refractivity contribution < 1.29 is 0 Å². The number of nitrogen functional groups attached to an aromatic ring is 1. The molecule has 0 atom stereocenters. The zero-order chi connectivity index (χ0) is 18.9. The van der Waals surface area contributed by atoms with Crippen LogP contribution in [-0.4, -0.2) is 28.1 Å². The van der Waals surface area contributed by atoms with Crippen molar-refractivity contribution in [3.8, 4) is 0 Å². The zero-order valence-corrected chi connectivity index (χ0v) is 16.7. The molecule has 0 saturated carbocycles. The van der Waals surface area contributed by atoms with Crippen LogP contribution in [0.15, 0.2) is 24.3 Å². The Kier molecular flexibility index (Phi) is 7.85. The minimum Gasteiger partial charge on any atom is -0.382 e. The van der Waals surface area contributed by atoms with Crippen LogP contribution in [0.1, 0.15) is 52.3 Å². The van der Waals surface area contributed by atoms with Crippen molar-refractivity contribution in [1.82, 2.24) is 19.9 Å². The molecule has 0 amide bonds. The monoisotopic (exact) mass is 355 g/mol. The highest BCUT2D eigenvalue weighted by molar-refractivity contribution is 6.06. The molecular weight excluding hydrogens is 322 g/mol. The highest BCUT2D eigenvalue weighted by Crippen LogP contribution is 2.29. The summed E-state index contributed by atoms with van der Waals surface area (Å²) in [5, 5.41) is 4.36. The number of anilines is 1. The first-order valence-electron chi connectivity index (χ1n) is 9.94. The predicted octanol–water partition coefficient (Wildman–Crippen LogP) is 4.54. The van der Waals surface area contributed by atoms with Crippen LogP contribution in [0, 0.1) is 0 Å². The second-order valence-corrected chi connectivity index (χ2v) is 6.31. The van der Waals surface area contributed by atoms with Gasteiger partial charge in [0.1, 0.15) is 11.3 Å². The fourth-order valence-corrected chi connectivity index (χ4v) is 3.24. The number of unbranched alkanes of at least 4 members (excludes halogenated alkanes) is 2. The number of imidazole rings is 1. The molecule has 0 fully saturated rings. The third-order valence-corrected chi connectivity index (χ3v) is 4.50. The van der Waals surface area contributed by atoms with Crippen molar-refractivity contribution >= 4 is 27.8 Å². The Morgan fingerprint density at radius 1 is 1.08 bits per heavy atom. The maximum absolute atomic E-state index is 6.21. The Hall–Kier alpha value is -2.14. The molecule has 0 aliphatic carbocycles. The normalized spacial score (nSPS) is 10.9. The fraction of sp³-hybridized carbons (Fsp3) is 0.524. The SMILES string of the molecule is CC.CCCCc1nc2c(N)nc3ccccc3c2n1CCCCNC. The lowest BCUT2D eigenvalue weighted by Gasteiger charge is -2.11. The lowest BCUT2D eigenvalue weighted by Crippen LogP contribution is -2.10. The minimum absolute atomic E-state index is 0.537. The Labute approximate surface area is 157 Å². The first-order chi connectivity index (χ1) is 12.8. The summed E-state index contributed by atoms with van der Waals surface area (Å²) >= 11 is 0. The maximum Gasteiger partial charge on any atom is 0.152 e. The summed E-state index contributed by atoms with van der Waals surface area (Å²) in [7, 11) is 2.00. The van der Waals surface area contributed by atoms with Crippen LogP contribution in [0.4, 0.5) is 5.82 Å². The molecule has 0 bridgehead atoms. The predicted molar refractivity (Wildman–Crippen MR) is 113 cm³/mol. The van der Waals surface area contributed by atoms with Gasteiger partial charge in [0, 0.05) is 18.4 Å². The molecule has 0 radical (unpaired) electrons. The van der Waals surface area contributed by atoms with Crippen LogP contribution < -0.4 is 11.1 Å². The average molecular weight is 356 g/mol. The smallest absolute Gasteiger partial charge is 0.152 e. The molecule has 3 rings (SSSR count). The van der Waals surface area contributed by atoms with E-state index in [1.165, 1.54) is 0 Å². The fourth-order valence-electron chi connectivity index (χ4n) is 3.24. The van der Waals surface area contributed by atoms with Crippen molar-refractivity contribution in [2.75, 3.05) is 19.3 Å².